The van der Waals surface area contributed by atoms with Crippen molar-refractivity contribution >= 4 is 51.6 Å². The fourth-order valence-electron chi connectivity index (χ4n) is 2.05. The summed E-state index contributed by atoms with van der Waals surface area (Å²) < 4.78 is 6.31. The summed E-state index contributed by atoms with van der Waals surface area (Å²) in [5.74, 6) is 0.853. The first-order valence-corrected chi connectivity index (χ1v) is 9.67. The van der Waals surface area contributed by atoms with E-state index >= 15 is 0 Å². The van der Waals surface area contributed by atoms with Crippen molar-refractivity contribution in [2.45, 2.75) is 14.4 Å². The Morgan fingerprint density at radius 3 is 2.65 bits per heavy atom. The Morgan fingerprint density at radius 1 is 1.09 bits per heavy atom. The largest absolute Gasteiger partial charge is 0.468 e. The van der Waals surface area contributed by atoms with Gasteiger partial charge in [-0.1, -0.05) is 77.3 Å². The molecule has 0 atom stereocenters. The van der Waals surface area contributed by atoms with Crippen LogP contribution in [0.15, 0.2) is 51.1 Å². The fourth-order valence-corrected chi connectivity index (χ4v) is 4.91. The summed E-state index contributed by atoms with van der Waals surface area (Å²) in [6.07, 6.45) is 0. The lowest BCUT2D eigenvalue weighted by molar-refractivity contribution is -0.137. The van der Waals surface area contributed by atoms with Crippen molar-refractivity contribution in [2.75, 3.05) is 12.9 Å². The third kappa shape index (κ3) is 4.25. The molecule has 0 saturated heterocycles. The number of carbonyl (C=O) groups excluding carboxylic acids is 1. The van der Waals surface area contributed by atoms with Gasteiger partial charge in [-0.15, -0.1) is 10.2 Å². The lowest BCUT2D eigenvalue weighted by Crippen LogP contribution is -2.02. The summed E-state index contributed by atoms with van der Waals surface area (Å²) >= 11 is 4.53. The van der Waals surface area contributed by atoms with E-state index in [1.54, 1.807) is 11.8 Å². The van der Waals surface area contributed by atoms with E-state index in [1.165, 1.54) is 46.5 Å². The highest BCUT2D eigenvalue weighted by molar-refractivity contribution is 8.03. The van der Waals surface area contributed by atoms with Gasteiger partial charge in [0, 0.05) is 5.75 Å². The zero-order chi connectivity index (χ0) is 16.1. The van der Waals surface area contributed by atoms with E-state index in [0.717, 1.165) is 14.4 Å². The highest BCUT2D eigenvalue weighted by atomic mass is 32.2. The molecule has 23 heavy (non-hydrogen) atoms. The van der Waals surface area contributed by atoms with Gasteiger partial charge in [-0.05, 0) is 16.3 Å². The van der Waals surface area contributed by atoms with Crippen LogP contribution in [0.1, 0.15) is 5.56 Å². The molecule has 0 N–H and O–H groups in total. The van der Waals surface area contributed by atoms with Gasteiger partial charge in [-0.25, -0.2) is 0 Å². The molecule has 0 fully saturated rings. The quantitative estimate of drug-likeness (QED) is 0.483. The summed E-state index contributed by atoms with van der Waals surface area (Å²) in [7, 11) is 1.38. The monoisotopic (exact) mass is 362 g/mol. The summed E-state index contributed by atoms with van der Waals surface area (Å²) in [5, 5.41) is 10.8. The molecule has 0 unspecified atom stereocenters. The van der Waals surface area contributed by atoms with Crippen LogP contribution in [0.25, 0.3) is 10.8 Å². The maximum Gasteiger partial charge on any atom is 0.316 e. The average Bonchev–Trinajstić information content (AvgIpc) is 3.05. The summed E-state index contributed by atoms with van der Waals surface area (Å²) in [5.41, 5.74) is 1.28. The van der Waals surface area contributed by atoms with Gasteiger partial charge in [-0.2, -0.15) is 0 Å². The normalized spacial score (nSPS) is 10.8. The number of ether oxygens (including phenoxy) is 1. The van der Waals surface area contributed by atoms with E-state index < -0.39 is 0 Å². The topological polar surface area (TPSA) is 52.1 Å². The van der Waals surface area contributed by atoms with Crippen LogP contribution in [0, 0.1) is 0 Å². The Kier molecular flexibility index (Phi) is 5.53. The van der Waals surface area contributed by atoms with Crippen LogP contribution in [0.3, 0.4) is 0 Å². The lowest BCUT2D eigenvalue weighted by atomic mass is 10.1. The Morgan fingerprint density at radius 2 is 1.83 bits per heavy atom. The molecule has 0 radical (unpaired) electrons. The molecule has 0 aliphatic rings. The second-order valence-electron chi connectivity index (χ2n) is 4.63. The van der Waals surface area contributed by atoms with Crippen LogP contribution in [-0.4, -0.2) is 29.0 Å². The SMILES string of the molecule is COC(=O)CSc1nnc(SCc2cccc3ccccc23)s1. The van der Waals surface area contributed by atoms with E-state index in [9.17, 15) is 4.79 Å². The number of benzene rings is 2. The molecular weight excluding hydrogens is 348 g/mol. The molecular formula is C16H14N2O2S3. The van der Waals surface area contributed by atoms with Gasteiger partial charge >= 0.3 is 5.97 Å². The third-order valence-electron chi connectivity index (χ3n) is 3.16. The van der Waals surface area contributed by atoms with Gasteiger partial charge in [-0.3, -0.25) is 4.79 Å². The van der Waals surface area contributed by atoms with Crippen molar-refractivity contribution in [1.82, 2.24) is 10.2 Å². The highest BCUT2D eigenvalue weighted by Crippen LogP contribution is 2.32. The van der Waals surface area contributed by atoms with E-state index in [-0.39, 0.29) is 11.7 Å². The maximum atomic E-state index is 11.1. The molecule has 3 aromatic rings. The molecule has 3 rings (SSSR count). The van der Waals surface area contributed by atoms with Gasteiger partial charge in [0.25, 0.3) is 0 Å². The predicted molar refractivity (Wildman–Crippen MR) is 96.2 cm³/mol. The van der Waals surface area contributed by atoms with Gasteiger partial charge in [0.15, 0.2) is 8.68 Å². The minimum atomic E-state index is -0.254. The lowest BCUT2D eigenvalue weighted by Gasteiger charge is -2.04. The Bertz CT molecular complexity index is 814. The molecule has 1 heterocycles. The third-order valence-corrected chi connectivity index (χ3v) is 6.37. The number of fused-ring (bicyclic) bond motifs is 1. The number of thioether (sulfide) groups is 2. The molecule has 0 saturated carbocycles. The molecule has 4 nitrogen and oxygen atoms in total. The second-order valence-corrected chi connectivity index (χ2v) is 8.05. The molecule has 1 aromatic heterocycles. The number of nitrogens with zero attached hydrogens (tertiary/aromatic N) is 2. The van der Waals surface area contributed by atoms with Gasteiger partial charge in [0.1, 0.15) is 0 Å². The van der Waals surface area contributed by atoms with Crippen molar-refractivity contribution in [3.63, 3.8) is 0 Å². The molecule has 0 bridgehead atoms. The van der Waals surface area contributed by atoms with Crippen molar-refractivity contribution in [2.24, 2.45) is 0 Å². The van der Waals surface area contributed by atoms with Gasteiger partial charge in [0.05, 0.1) is 12.9 Å². The number of methoxy groups -OCH3 is 1. The number of aromatic nitrogens is 2. The number of carbonyl (C=O) groups is 1. The Hall–Kier alpha value is -1.57. The summed E-state index contributed by atoms with van der Waals surface area (Å²) in [6, 6.07) is 14.7. The first-order valence-electron chi connectivity index (χ1n) is 6.89. The highest BCUT2D eigenvalue weighted by Gasteiger charge is 2.09. The van der Waals surface area contributed by atoms with Crippen molar-refractivity contribution < 1.29 is 9.53 Å². The minimum Gasteiger partial charge on any atom is -0.468 e. The number of hydrogen-bond donors (Lipinski definition) is 0. The van der Waals surface area contributed by atoms with Crippen LogP contribution in [-0.2, 0) is 15.3 Å². The average molecular weight is 363 g/mol. The molecule has 0 aliphatic heterocycles. The molecule has 0 spiro atoms. The molecule has 7 heteroatoms. The van der Waals surface area contributed by atoms with Crippen LogP contribution in [0.5, 0.6) is 0 Å². The standard InChI is InChI=1S/C16H14N2O2S3/c1-20-14(19)10-22-16-18-17-15(23-16)21-9-12-7-4-6-11-5-2-3-8-13(11)12/h2-8H,9-10H2,1H3. The van der Waals surface area contributed by atoms with Crippen LogP contribution in [0.2, 0.25) is 0 Å². The first-order chi connectivity index (χ1) is 11.3. The van der Waals surface area contributed by atoms with Crippen molar-refractivity contribution in [1.29, 1.82) is 0 Å². The summed E-state index contributed by atoms with van der Waals surface area (Å²) in [4.78, 5) is 11.1. The van der Waals surface area contributed by atoms with Crippen LogP contribution in [0.4, 0.5) is 0 Å². The predicted octanol–water partition coefficient (Wildman–Crippen LogP) is 4.25. The second kappa shape index (κ2) is 7.81. The smallest absolute Gasteiger partial charge is 0.316 e. The molecule has 0 aliphatic carbocycles. The van der Waals surface area contributed by atoms with E-state index in [0.29, 0.717) is 0 Å². The molecule has 0 amide bonds. The molecule has 118 valence electrons. The fraction of sp³-hybridized carbons (Fsp3) is 0.188. The van der Waals surface area contributed by atoms with Crippen molar-refractivity contribution in [3.8, 4) is 0 Å². The Labute approximate surface area is 146 Å². The van der Waals surface area contributed by atoms with E-state index in [1.807, 2.05) is 0 Å². The Balaban J connectivity index is 1.64. The first kappa shape index (κ1) is 16.3. The maximum absolute atomic E-state index is 11.1. The zero-order valence-electron chi connectivity index (χ0n) is 12.4. The zero-order valence-corrected chi connectivity index (χ0v) is 14.8. The minimum absolute atomic E-state index is 0.254. The van der Waals surface area contributed by atoms with E-state index in [2.05, 4.69) is 57.4 Å². The summed E-state index contributed by atoms with van der Waals surface area (Å²) in [6.45, 7) is 0. The van der Waals surface area contributed by atoms with Gasteiger partial charge < -0.3 is 4.74 Å². The number of rotatable bonds is 6. The van der Waals surface area contributed by atoms with Crippen molar-refractivity contribution in [3.05, 3.63) is 48.0 Å². The van der Waals surface area contributed by atoms with Crippen LogP contribution < -0.4 is 0 Å². The number of esters is 1. The van der Waals surface area contributed by atoms with Crippen LogP contribution >= 0.6 is 34.9 Å². The molecule has 2 aromatic carbocycles. The van der Waals surface area contributed by atoms with E-state index in [4.69, 9.17) is 0 Å². The number of hydrogen-bond acceptors (Lipinski definition) is 7. The van der Waals surface area contributed by atoms with Gasteiger partial charge in [0.2, 0.25) is 0 Å².